The first-order valence-corrected chi connectivity index (χ1v) is 6.53. The van der Waals surface area contributed by atoms with Gasteiger partial charge in [0, 0.05) is 19.0 Å². The SMILES string of the molecule is Cc1ccc(OCCCNC(=O)NCCCl)cc1. The van der Waals surface area contributed by atoms with Crippen LogP contribution in [0.5, 0.6) is 5.75 Å². The lowest BCUT2D eigenvalue weighted by Gasteiger charge is -2.08. The van der Waals surface area contributed by atoms with Crippen LogP contribution in [0.1, 0.15) is 12.0 Å². The Labute approximate surface area is 113 Å². The summed E-state index contributed by atoms with van der Waals surface area (Å²) >= 11 is 5.45. The highest BCUT2D eigenvalue weighted by molar-refractivity contribution is 6.18. The number of hydrogen-bond donors (Lipinski definition) is 2. The number of amides is 2. The molecular formula is C13H19ClN2O2. The third-order valence-corrected chi connectivity index (χ3v) is 2.47. The number of nitrogens with one attached hydrogen (secondary N) is 2. The van der Waals surface area contributed by atoms with Crippen LogP contribution in [-0.2, 0) is 0 Å². The van der Waals surface area contributed by atoms with E-state index in [1.807, 2.05) is 31.2 Å². The molecule has 0 heterocycles. The molecule has 100 valence electrons. The van der Waals surface area contributed by atoms with Gasteiger partial charge in [0.25, 0.3) is 0 Å². The summed E-state index contributed by atoms with van der Waals surface area (Å²) in [6.45, 7) is 3.68. The summed E-state index contributed by atoms with van der Waals surface area (Å²) in [5, 5.41) is 5.35. The second-order valence-electron chi connectivity index (χ2n) is 3.89. The fourth-order valence-corrected chi connectivity index (χ4v) is 1.42. The number of alkyl halides is 1. The number of benzene rings is 1. The van der Waals surface area contributed by atoms with E-state index < -0.39 is 0 Å². The number of halogens is 1. The summed E-state index contributed by atoms with van der Waals surface area (Å²) in [4.78, 5) is 11.2. The lowest BCUT2D eigenvalue weighted by molar-refractivity contribution is 0.239. The molecule has 2 amide bonds. The van der Waals surface area contributed by atoms with Crippen molar-refractivity contribution in [2.75, 3.05) is 25.6 Å². The van der Waals surface area contributed by atoms with E-state index in [4.69, 9.17) is 16.3 Å². The molecular weight excluding hydrogens is 252 g/mol. The quantitative estimate of drug-likeness (QED) is 0.590. The first-order chi connectivity index (χ1) is 8.72. The molecule has 0 bridgehead atoms. The van der Waals surface area contributed by atoms with Crippen LogP contribution in [0, 0.1) is 6.92 Å². The first-order valence-electron chi connectivity index (χ1n) is 5.99. The maximum absolute atomic E-state index is 11.2. The molecule has 0 aliphatic heterocycles. The zero-order valence-corrected chi connectivity index (χ0v) is 11.3. The maximum Gasteiger partial charge on any atom is 0.314 e. The molecule has 0 atom stereocenters. The Morgan fingerprint density at radius 1 is 1.22 bits per heavy atom. The number of hydrogen-bond acceptors (Lipinski definition) is 2. The highest BCUT2D eigenvalue weighted by Crippen LogP contribution is 2.11. The van der Waals surface area contributed by atoms with Crippen molar-refractivity contribution in [2.24, 2.45) is 0 Å². The van der Waals surface area contributed by atoms with Gasteiger partial charge in [0.2, 0.25) is 0 Å². The molecule has 0 fully saturated rings. The molecule has 1 aromatic carbocycles. The fourth-order valence-electron chi connectivity index (χ4n) is 1.32. The number of carbonyl (C=O) groups excluding carboxylic acids is 1. The molecule has 0 aliphatic rings. The Balaban J connectivity index is 2.05. The van der Waals surface area contributed by atoms with E-state index in [2.05, 4.69) is 10.6 Å². The van der Waals surface area contributed by atoms with E-state index in [1.54, 1.807) is 0 Å². The predicted octanol–water partition coefficient (Wildman–Crippen LogP) is 2.30. The van der Waals surface area contributed by atoms with Crippen LogP contribution >= 0.6 is 11.6 Å². The zero-order chi connectivity index (χ0) is 13.2. The second kappa shape index (κ2) is 8.64. The molecule has 1 rings (SSSR count). The fraction of sp³-hybridized carbons (Fsp3) is 0.462. The molecule has 0 unspecified atom stereocenters. The molecule has 0 saturated carbocycles. The predicted molar refractivity (Wildman–Crippen MR) is 73.4 cm³/mol. The number of urea groups is 1. The van der Waals surface area contributed by atoms with Crippen LogP contribution < -0.4 is 15.4 Å². The normalized spacial score (nSPS) is 9.89. The minimum atomic E-state index is -0.189. The van der Waals surface area contributed by atoms with Crippen molar-refractivity contribution in [2.45, 2.75) is 13.3 Å². The van der Waals surface area contributed by atoms with Crippen LogP contribution in [0.15, 0.2) is 24.3 Å². The number of ether oxygens (including phenoxy) is 1. The third-order valence-electron chi connectivity index (χ3n) is 2.28. The smallest absolute Gasteiger partial charge is 0.314 e. The van der Waals surface area contributed by atoms with E-state index in [-0.39, 0.29) is 6.03 Å². The topological polar surface area (TPSA) is 50.4 Å². The molecule has 0 aromatic heterocycles. The van der Waals surface area contributed by atoms with Gasteiger partial charge in [-0.15, -0.1) is 11.6 Å². The van der Waals surface area contributed by atoms with Crippen molar-refractivity contribution >= 4 is 17.6 Å². The Bertz CT molecular complexity index is 355. The van der Waals surface area contributed by atoms with E-state index in [1.165, 1.54) is 5.56 Å². The molecule has 18 heavy (non-hydrogen) atoms. The van der Waals surface area contributed by atoms with Crippen molar-refractivity contribution in [1.82, 2.24) is 10.6 Å². The van der Waals surface area contributed by atoms with E-state index in [0.717, 1.165) is 12.2 Å². The number of rotatable bonds is 7. The molecule has 2 N–H and O–H groups in total. The molecule has 0 spiro atoms. The van der Waals surface area contributed by atoms with Crippen LogP contribution in [0.25, 0.3) is 0 Å². The summed E-state index contributed by atoms with van der Waals surface area (Å²) in [5.41, 5.74) is 1.21. The lowest BCUT2D eigenvalue weighted by Crippen LogP contribution is -2.37. The van der Waals surface area contributed by atoms with Gasteiger partial charge in [0.15, 0.2) is 0 Å². The third kappa shape index (κ3) is 6.35. The van der Waals surface area contributed by atoms with Crippen molar-refractivity contribution in [3.05, 3.63) is 29.8 Å². The van der Waals surface area contributed by atoms with Crippen molar-refractivity contribution in [3.63, 3.8) is 0 Å². The standard InChI is InChI=1S/C13H19ClN2O2/c1-11-3-5-12(6-4-11)18-10-2-8-15-13(17)16-9-7-14/h3-6H,2,7-10H2,1H3,(H2,15,16,17). The largest absolute Gasteiger partial charge is 0.494 e. The summed E-state index contributed by atoms with van der Waals surface area (Å²) in [6.07, 6.45) is 0.766. The molecule has 5 heteroatoms. The van der Waals surface area contributed by atoms with Gasteiger partial charge in [-0.2, -0.15) is 0 Å². The van der Waals surface area contributed by atoms with Crippen molar-refractivity contribution in [3.8, 4) is 5.75 Å². The van der Waals surface area contributed by atoms with Crippen LogP contribution in [0.3, 0.4) is 0 Å². The highest BCUT2D eigenvalue weighted by atomic mass is 35.5. The van der Waals surface area contributed by atoms with Crippen LogP contribution in [0.2, 0.25) is 0 Å². The molecule has 0 aliphatic carbocycles. The summed E-state index contributed by atoms with van der Waals surface area (Å²) in [7, 11) is 0. The van der Waals surface area contributed by atoms with Crippen molar-refractivity contribution < 1.29 is 9.53 Å². The second-order valence-corrected chi connectivity index (χ2v) is 4.26. The minimum absolute atomic E-state index is 0.189. The summed E-state index contributed by atoms with van der Waals surface area (Å²) in [6, 6.07) is 7.71. The molecule has 0 saturated heterocycles. The zero-order valence-electron chi connectivity index (χ0n) is 10.5. The van der Waals surface area contributed by atoms with Gasteiger partial charge in [-0.05, 0) is 25.5 Å². The Kier molecular flexibility index (Phi) is 7.03. The van der Waals surface area contributed by atoms with E-state index in [0.29, 0.717) is 25.6 Å². The van der Waals surface area contributed by atoms with E-state index in [9.17, 15) is 4.79 Å². The van der Waals surface area contributed by atoms with Gasteiger partial charge in [0.05, 0.1) is 6.61 Å². The lowest BCUT2D eigenvalue weighted by atomic mass is 10.2. The van der Waals surface area contributed by atoms with Gasteiger partial charge in [0.1, 0.15) is 5.75 Å². The van der Waals surface area contributed by atoms with Crippen molar-refractivity contribution in [1.29, 1.82) is 0 Å². The number of carbonyl (C=O) groups is 1. The average Bonchev–Trinajstić information content (AvgIpc) is 2.38. The first kappa shape index (κ1) is 14.6. The van der Waals surface area contributed by atoms with Gasteiger partial charge >= 0.3 is 6.03 Å². The van der Waals surface area contributed by atoms with Gasteiger partial charge in [-0.3, -0.25) is 0 Å². The average molecular weight is 271 g/mol. The van der Waals surface area contributed by atoms with Gasteiger partial charge in [-0.25, -0.2) is 4.79 Å². The highest BCUT2D eigenvalue weighted by Gasteiger charge is 1.98. The summed E-state index contributed by atoms with van der Waals surface area (Å²) < 4.78 is 5.53. The Morgan fingerprint density at radius 2 is 1.89 bits per heavy atom. The minimum Gasteiger partial charge on any atom is -0.494 e. The Hall–Kier alpha value is -1.42. The molecule has 1 aromatic rings. The van der Waals surface area contributed by atoms with Crippen LogP contribution in [-0.4, -0.2) is 31.6 Å². The summed E-state index contributed by atoms with van der Waals surface area (Å²) in [5.74, 6) is 1.27. The number of aryl methyl sites for hydroxylation is 1. The Morgan fingerprint density at radius 3 is 2.56 bits per heavy atom. The monoisotopic (exact) mass is 270 g/mol. The van der Waals surface area contributed by atoms with Gasteiger partial charge < -0.3 is 15.4 Å². The van der Waals surface area contributed by atoms with Crippen LogP contribution in [0.4, 0.5) is 4.79 Å². The maximum atomic E-state index is 11.2. The van der Waals surface area contributed by atoms with Gasteiger partial charge in [-0.1, -0.05) is 17.7 Å². The molecule has 0 radical (unpaired) electrons. The van der Waals surface area contributed by atoms with E-state index >= 15 is 0 Å². The molecule has 4 nitrogen and oxygen atoms in total.